The lowest BCUT2D eigenvalue weighted by atomic mass is 10.1. The fourth-order valence-corrected chi connectivity index (χ4v) is 3.40. The maximum absolute atomic E-state index is 12.0. The molecule has 0 aromatic heterocycles. The van der Waals surface area contributed by atoms with E-state index in [1.165, 1.54) is 11.1 Å². The normalized spacial score (nSPS) is 10.4. The van der Waals surface area contributed by atoms with Gasteiger partial charge in [-0.1, -0.05) is 30.3 Å². The molecule has 1 N–H and O–H groups in total. The van der Waals surface area contributed by atoms with Crippen LogP contribution in [0.3, 0.4) is 0 Å². The van der Waals surface area contributed by atoms with E-state index in [4.69, 9.17) is 0 Å². The smallest absolute Gasteiger partial charge is 0.251 e. The molecular formula is C17H18INOS. The molecular weight excluding hydrogens is 393 g/mol. The summed E-state index contributed by atoms with van der Waals surface area (Å²) in [6.07, 6.45) is 0. The number of benzene rings is 2. The van der Waals surface area contributed by atoms with Crippen molar-refractivity contribution in [3.8, 4) is 0 Å². The van der Waals surface area contributed by atoms with Crippen LogP contribution in [0, 0.1) is 10.5 Å². The Morgan fingerprint density at radius 1 is 1.19 bits per heavy atom. The van der Waals surface area contributed by atoms with E-state index in [2.05, 4.69) is 59.1 Å². The third-order valence-corrected chi connectivity index (χ3v) is 4.82. The van der Waals surface area contributed by atoms with E-state index in [1.54, 1.807) is 0 Å². The van der Waals surface area contributed by atoms with Crippen molar-refractivity contribution in [2.75, 3.05) is 12.3 Å². The molecule has 0 saturated heterocycles. The fourth-order valence-electron chi connectivity index (χ4n) is 1.92. The summed E-state index contributed by atoms with van der Waals surface area (Å²) in [6.45, 7) is 2.83. The van der Waals surface area contributed by atoms with Crippen molar-refractivity contribution in [2.24, 2.45) is 0 Å². The van der Waals surface area contributed by atoms with Crippen LogP contribution >= 0.6 is 34.4 Å². The van der Waals surface area contributed by atoms with Gasteiger partial charge in [0.1, 0.15) is 0 Å². The van der Waals surface area contributed by atoms with Gasteiger partial charge in [-0.2, -0.15) is 11.8 Å². The van der Waals surface area contributed by atoms with Crippen molar-refractivity contribution < 1.29 is 4.79 Å². The Morgan fingerprint density at radius 3 is 2.76 bits per heavy atom. The molecule has 2 nitrogen and oxygen atoms in total. The first-order valence-corrected chi connectivity index (χ1v) is 9.06. The van der Waals surface area contributed by atoms with E-state index in [9.17, 15) is 4.79 Å². The van der Waals surface area contributed by atoms with Crippen molar-refractivity contribution in [1.29, 1.82) is 0 Å². The zero-order valence-electron chi connectivity index (χ0n) is 11.9. The predicted octanol–water partition coefficient (Wildman–Crippen LogP) is 4.26. The monoisotopic (exact) mass is 411 g/mol. The summed E-state index contributed by atoms with van der Waals surface area (Å²) >= 11 is 4.06. The van der Waals surface area contributed by atoms with Crippen molar-refractivity contribution >= 4 is 40.3 Å². The number of halogens is 1. The number of aryl methyl sites for hydroxylation is 1. The van der Waals surface area contributed by atoms with Crippen LogP contribution in [-0.4, -0.2) is 18.2 Å². The molecule has 0 fully saturated rings. The molecule has 110 valence electrons. The van der Waals surface area contributed by atoms with Gasteiger partial charge in [0.05, 0.1) is 0 Å². The zero-order valence-corrected chi connectivity index (χ0v) is 14.9. The van der Waals surface area contributed by atoms with Crippen LogP contribution in [-0.2, 0) is 5.75 Å². The zero-order chi connectivity index (χ0) is 15.1. The second-order valence-corrected chi connectivity index (χ2v) is 7.10. The SMILES string of the molecule is Cc1ccccc1CSCCNC(=O)c1cccc(I)c1. The number of hydrogen-bond donors (Lipinski definition) is 1. The molecule has 1 amide bonds. The molecule has 0 aliphatic heterocycles. The Balaban J connectivity index is 1.70. The Bertz CT molecular complexity index is 615. The number of rotatable bonds is 6. The molecule has 0 radical (unpaired) electrons. The minimum absolute atomic E-state index is 0.00464. The highest BCUT2D eigenvalue weighted by Gasteiger charge is 2.04. The Hall–Kier alpha value is -1.01. The lowest BCUT2D eigenvalue weighted by molar-refractivity contribution is 0.0956. The average molecular weight is 411 g/mol. The summed E-state index contributed by atoms with van der Waals surface area (Å²) in [5.74, 6) is 1.92. The summed E-state index contributed by atoms with van der Waals surface area (Å²) in [6, 6.07) is 16.1. The predicted molar refractivity (Wildman–Crippen MR) is 98.8 cm³/mol. The molecule has 0 spiro atoms. The highest BCUT2D eigenvalue weighted by molar-refractivity contribution is 14.1. The lowest BCUT2D eigenvalue weighted by Gasteiger charge is -2.07. The van der Waals surface area contributed by atoms with E-state index in [0.29, 0.717) is 6.54 Å². The van der Waals surface area contributed by atoms with E-state index in [1.807, 2.05) is 36.0 Å². The Labute approximate surface area is 143 Å². The van der Waals surface area contributed by atoms with Crippen molar-refractivity contribution in [3.05, 3.63) is 68.8 Å². The van der Waals surface area contributed by atoms with Gasteiger partial charge in [-0.3, -0.25) is 4.79 Å². The van der Waals surface area contributed by atoms with Crippen LogP contribution in [0.1, 0.15) is 21.5 Å². The van der Waals surface area contributed by atoms with Crippen LogP contribution in [0.2, 0.25) is 0 Å². The van der Waals surface area contributed by atoms with Gasteiger partial charge in [0, 0.05) is 27.2 Å². The molecule has 21 heavy (non-hydrogen) atoms. The van der Waals surface area contributed by atoms with Gasteiger partial charge >= 0.3 is 0 Å². The Kier molecular flexibility index (Phi) is 6.57. The van der Waals surface area contributed by atoms with Gasteiger partial charge in [0.25, 0.3) is 5.91 Å². The Morgan fingerprint density at radius 2 is 2.00 bits per heavy atom. The number of hydrogen-bond acceptors (Lipinski definition) is 2. The third kappa shape index (κ3) is 5.36. The number of nitrogens with one attached hydrogen (secondary N) is 1. The minimum Gasteiger partial charge on any atom is -0.351 e. The van der Waals surface area contributed by atoms with Gasteiger partial charge in [0.2, 0.25) is 0 Å². The molecule has 0 aliphatic rings. The molecule has 0 bridgehead atoms. The van der Waals surface area contributed by atoms with Gasteiger partial charge in [-0.25, -0.2) is 0 Å². The number of amides is 1. The first kappa shape index (κ1) is 16.4. The number of carbonyl (C=O) groups is 1. The van der Waals surface area contributed by atoms with E-state index in [0.717, 1.165) is 20.6 Å². The standard InChI is InChI=1S/C17H18INOS/c1-13-5-2-3-6-15(13)12-21-10-9-19-17(20)14-7-4-8-16(18)11-14/h2-8,11H,9-10,12H2,1H3,(H,19,20). The third-order valence-electron chi connectivity index (χ3n) is 3.14. The molecule has 0 unspecified atom stereocenters. The van der Waals surface area contributed by atoms with Gasteiger partial charge in [-0.05, 0) is 58.8 Å². The number of carbonyl (C=O) groups excluding carboxylic acids is 1. The molecule has 4 heteroatoms. The quantitative estimate of drug-likeness (QED) is 0.569. The number of thioether (sulfide) groups is 1. The summed E-state index contributed by atoms with van der Waals surface area (Å²) in [7, 11) is 0. The second-order valence-electron chi connectivity index (χ2n) is 4.75. The molecule has 0 aliphatic carbocycles. The maximum Gasteiger partial charge on any atom is 0.251 e. The highest BCUT2D eigenvalue weighted by Crippen LogP contribution is 2.15. The second kappa shape index (κ2) is 8.44. The van der Waals surface area contributed by atoms with E-state index in [-0.39, 0.29) is 5.91 Å². The van der Waals surface area contributed by atoms with E-state index >= 15 is 0 Å². The fraction of sp³-hybridized carbons (Fsp3) is 0.235. The van der Waals surface area contributed by atoms with Gasteiger partial charge in [-0.15, -0.1) is 0 Å². The van der Waals surface area contributed by atoms with Crippen LogP contribution in [0.15, 0.2) is 48.5 Å². The summed E-state index contributed by atoms with van der Waals surface area (Å²) in [4.78, 5) is 12.0. The van der Waals surface area contributed by atoms with Crippen LogP contribution < -0.4 is 5.32 Å². The van der Waals surface area contributed by atoms with Crippen molar-refractivity contribution in [3.63, 3.8) is 0 Å². The topological polar surface area (TPSA) is 29.1 Å². The summed E-state index contributed by atoms with van der Waals surface area (Å²) < 4.78 is 1.08. The van der Waals surface area contributed by atoms with Crippen LogP contribution in [0.5, 0.6) is 0 Å². The average Bonchev–Trinajstić information content (AvgIpc) is 2.48. The molecule has 2 aromatic carbocycles. The van der Waals surface area contributed by atoms with Gasteiger partial charge in [0.15, 0.2) is 0 Å². The summed E-state index contributed by atoms with van der Waals surface area (Å²) in [5, 5.41) is 2.96. The lowest BCUT2D eigenvalue weighted by Crippen LogP contribution is -2.25. The van der Waals surface area contributed by atoms with Crippen molar-refractivity contribution in [2.45, 2.75) is 12.7 Å². The van der Waals surface area contributed by atoms with Crippen molar-refractivity contribution in [1.82, 2.24) is 5.32 Å². The minimum atomic E-state index is 0.00464. The van der Waals surface area contributed by atoms with E-state index < -0.39 is 0 Å². The first-order chi connectivity index (χ1) is 10.2. The molecule has 2 rings (SSSR count). The maximum atomic E-state index is 12.0. The molecule has 0 heterocycles. The summed E-state index contributed by atoms with van der Waals surface area (Å²) in [5.41, 5.74) is 3.42. The van der Waals surface area contributed by atoms with Crippen LogP contribution in [0.4, 0.5) is 0 Å². The first-order valence-electron chi connectivity index (χ1n) is 6.83. The molecule has 2 aromatic rings. The molecule has 0 atom stereocenters. The van der Waals surface area contributed by atoms with Crippen LogP contribution in [0.25, 0.3) is 0 Å². The molecule has 0 saturated carbocycles. The largest absolute Gasteiger partial charge is 0.351 e. The van der Waals surface area contributed by atoms with Gasteiger partial charge < -0.3 is 5.32 Å². The highest BCUT2D eigenvalue weighted by atomic mass is 127.